The number of carbonyl (C=O) groups excluding carboxylic acids is 2. The lowest BCUT2D eigenvalue weighted by Gasteiger charge is -2.41. The van der Waals surface area contributed by atoms with Crippen molar-refractivity contribution in [3.8, 4) is 5.75 Å². The quantitative estimate of drug-likeness (QED) is 0.178. The first-order chi connectivity index (χ1) is 18.2. The Morgan fingerprint density at radius 3 is 2.74 bits per heavy atom. The maximum atomic E-state index is 13.7. The van der Waals surface area contributed by atoms with E-state index in [1.807, 2.05) is 13.1 Å². The van der Waals surface area contributed by atoms with Gasteiger partial charge in [0, 0.05) is 51.7 Å². The third kappa shape index (κ3) is 6.27. The van der Waals surface area contributed by atoms with Crippen molar-refractivity contribution in [2.75, 3.05) is 50.7 Å². The minimum atomic E-state index is -2.41. The number of fused-ring (bicyclic) bond motifs is 1. The SMILES string of the molecule is Cc1c[nH]c2ncnc(N3CCC(CNCOS(=O)O)(C(=O)Nc4cccc(OC(=O)N(C)C)c4)CC3)c12. The van der Waals surface area contributed by atoms with E-state index in [0.29, 0.717) is 37.4 Å². The zero-order chi connectivity index (χ0) is 27.3. The summed E-state index contributed by atoms with van der Waals surface area (Å²) in [5.41, 5.74) is 1.43. The van der Waals surface area contributed by atoms with Crippen LogP contribution in [0.5, 0.6) is 5.75 Å². The van der Waals surface area contributed by atoms with Crippen LogP contribution in [0.15, 0.2) is 36.8 Å². The third-order valence-electron chi connectivity index (χ3n) is 6.54. The molecule has 0 saturated carbocycles. The molecule has 3 aromatic rings. The van der Waals surface area contributed by atoms with Gasteiger partial charge in [0.05, 0.1) is 10.8 Å². The number of aromatic nitrogens is 3. The van der Waals surface area contributed by atoms with Crippen molar-refractivity contribution >= 4 is 45.9 Å². The number of piperidine rings is 1. The molecule has 1 aromatic carbocycles. The summed E-state index contributed by atoms with van der Waals surface area (Å²) in [5.74, 6) is 0.888. The van der Waals surface area contributed by atoms with Crippen LogP contribution in [-0.4, -0.2) is 81.1 Å². The van der Waals surface area contributed by atoms with Crippen molar-refractivity contribution in [1.82, 2.24) is 25.2 Å². The number of carbonyl (C=O) groups is 2. The molecule has 38 heavy (non-hydrogen) atoms. The Bertz CT molecular complexity index is 1320. The van der Waals surface area contributed by atoms with Gasteiger partial charge in [0.25, 0.3) is 0 Å². The van der Waals surface area contributed by atoms with Crippen LogP contribution >= 0.6 is 0 Å². The largest absolute Gasteiger partial charge is 0.414 e. The van der Waals surface area contributed by atoms with E-state index in [-0.39, 0.29) is 19.2 Å². The second-order valence-corrected chi connectivity index (χ2v) is 9.98. The van der Waals surface area contributed by atoms with Crippen molar-refractivity contribution in [2.45, 2.75) is 19.8 Å². The summed E-state index contributed by atoms with van der Waals surface area (Å²) < 4.78 is 29.8. The number of amides is 2. The van der Waals surface area contributed by atoms with Gasteiger partial charge >= 0.3 is 17.5 Å². The van der Waals surface area contributed by atoms with E-state index in [2.05, 4.69) is 30.5 Å². The molecular formula is C24H31N7O6S. The number of H-pyrrole nitrogens is 1. The molecular weight excluding hydrogens is 514 g/mol. The van der Waals surface area contributed by atoms with Crippen LogP contribution in [0.1, 0.15) is 18.4 Å². The summed E-state index contributed by atoms with van der Waals surface area (Å²) in [6.07, 6.45) is 3.85. The number of hydrogen-bond donors (Lipinski definition) is 4. The molecule has 1 fully saturated rings. The van der Waals surface area contributed by atoms with E-state index in [0.717, 1.165) is 22.4 Å². The van der Waals surface area contributed by atoms with Crippen molar-refractivity contribution in [3.05, 3.63) is 42.4 Å². The highest BCUT2D eigenvalue weighted by Crippen LogP contribution is 2.36. The highest BCUT2D eigenvalue weighted by molar-refractivity contribution is 7.74. The lowest BCUT2D eigenvalue weighted by molar-refractivity contribution is -0.126. The third-order valence-corrected chi connectivity index (χ3v) is 6.86. The van der Waals surface area contributed by atoms with Crippen molar-refractivity contribution in [3.63, 3.8) is 0 Å². The minimum Gasteiger partial charge on any atom is -0.410 e. The molecule has 2 aromatic heterocycles. The molecule has 1 unspecified atom stereocenters. The summed E-state index contributed by atoms with van der Waals surface area (Å²) in [6.45, 7) is 3.14. The van der Waals surface area contributed by atoms with Crippen LogP contribution < -0.4 is 20.3 Å². The monoisotopic (exact) mass is 545 g/mol. The van der Waals surface area contributed by atoms with Crippen LogP contribution in [0.2, 0.25) is 0 Å². The first-order valence-electron chi connectivity index (χ1n) is 12.0. The lowest BCUT2D eigenvalue weighted by Crippen LogP contribution is -2.52. The number of anilines is 2. The zero-order valence-electron chi connectivity index (χ0n) is 21.4. The van der Waals surface area contributed by atoms with E-state index >= 15 is 0 Å². The maximum absolute atomic E-state index is 13.7. The molecule has 4 rings (SSSR count). The summed E-state index contributed by atoms with van der Waals surface area (Å²) in [6, 6.07) is 6.61. The molecule has 3 heterocycles. The molecule has 0 radical (unpaired) electrons. The summed E-state index contributed by atoms with van der Waals surface area (Å²) >= 11 is -2.41. The van der Waals surface area contributed by atoms with Gasteiger partial charge in [-0.15, -0.1) is 0 Å². The second-order valence-electron chi connectivity index (χ2n) is 9.31. The van der Waals surface area contributed by atoms with Gasteiger partial charge in [0.1, 0.15) is 30.3 Å². The minimum absolute atomic E-state index is 0.188. The summed E-state index contributed by atoms with van der Waals surface area (Å²) in [4.78, 5) is 41.0. The molecule has 4 N–H and O–H groups in total. The number of nitrogens with one attached hydrogen (secondary N) is 3. The standard InChI is InChI=1S/C24H31N7O6S/c1-16-12-26-20-19(16)21(28-14-27-20)31-9-7-24(8-10-31,13-25-15-36-38(34)35)22(32)29-17-5-4-6-18(11-17)37-23(33)30(2)3/h4-6,11-12,14,25H,7-10,13,15H2,1-3H3,(H,29,32)(H,34,35)(H,26,27,28). The Balaban J connectivity index is 1.51. The number of hydrogen-bond acceptors (Lipinski definition) is 9. The van der Waals surface area contributed by atoms with Crippen LogP contribution in [0.25, 0.3) is 11.0 Å². The lowest BCUT2D eigenvalue weighted by atomic mass is 9.77. The Kier molecular flexibility index (Phi) is 8.56. The smallest absolute Gasteiger partial charge is 0.410 e. The normalized spacial score (nSPS) is 15.7. The van der Waals surface area contributed by atoms with Crippen molar-refractivity contribution < 1.29 is 27.3 Å². The van der Waals surface area contributed by atoms with E-state index in [9.17, 15) is 13.8 Å². The molecule has 2 amide bonds. The fourth-order valence-corrected chi connectivity index (χ4v) is 4.63. The van der Waals surface area contributed by atoms with E-state index in [1.165, 1.54) is 11.2 Å². The highest BCUT2D eigenvalue weighted by Gasteiger charge is 2.42. The Hall–Kier alpha value is -3.59. The van der Waals surface area contributed by atoms with Crippen molar-refractivity contribution in [1.29, 1.82) is 0 Å². The second kappa shape index (κ2) is 11.9. The van der Waals surface area contributed by atoms with Crippen molar-refractivity contribution in [2.24, 2.45) is 5.41 Å². The van der Waals surface area contributed by atoms with E-state index < -0.39 is 22.9 Å². The van der Waals surface area contributed by atoms with Gasteiger partial charge in [-0.05, 0) is 37.5 Å². The Labute approximate surface area is 222 Å². The van der Waals surface area contributed by atoms with Crippen LogP contribution in [0, 0.1) is 12.3 Å². The molecule has 1 saturated heterocycles. The van der Waals surface area contributed by atoms with Crippen LogP contribution in [0.4, 0.5) is 16.3 Å². The molecule has 1 aliphatic rings. The fraction of sp³-hybridized carbons (Fsp3) is 0.417. The molecule has 204 valence electrons. The number of rotatable bonds is 9. The molecule has 0 bridgehead atoms. The molecule has 0 aliphatic carbocycles. The number of aromatic amines is 1. The van der Waals surface area contributed by atoms with Gasteiger partial charge in [0.15, 0.2) is 0 Å². The fourth-order valence-electron chi connectivity index (χ4n) is 4.44. The number of benzene rings is 1. The first-order valence-corrected chi connectivity index (χ1v) is 13.0. The predicted octanol–water partition coefficient (Wildman–Crippen LogP) is 2.25. The maximum Gasteiger partial charge on any atom is 0.414 e. The molecule has 1 aliphatic heterocycles. The summed E-state index contributed by atoms with van der Waals surface area (Å²) in [5, 5.41) is 6.87. The Morgan fingerprint density at radius 1 is 1.26 bits per heavy atom. The van der Waals surface area contributed by atoms with Gasteiger partial charge in [0.2, 0.25) is 5.91 Å². The molecule has 14 heteroatoms. The van der Waals surface area contributed by atoms with Gasteiger partial charge in [-0.3, -0.25) is 18.8 Å². The average Bonchev–Trinajstić information content (AvgIpc) is 3.28. The van der Waals surface area contributed by atoms with Gasteiger partial charge in [-0.1, -0.05) is 6.07 Å². The number of nitrogens with zero attached hydrogens (tertiary/aromatic N) is 4. The van der Waals surface area contributed by atoms with Crippen LogP contribution in [-0.2, 0) is 20.3 Å². The van der Waals surface area contributed by atoms with E-state index in [1.54, 1.807) is 38.4 Å². The van der Waals surface area contributed by atoms with E-state index in [4.69, 9.17) is 13.5 Å². The number of aryl methyl sites for hydroxylation is 1. The summed E-state index contributed by atoms with van der Waals surface area (Å²) in [7, 11) is 3.16. The van der Waals surface area contributed by atoms with Gasteiger partial charge in [-0.2, -0.15) is 4.21 Å². The molecule has 13 nitrogen and oxygen atoms in total. The average molecular weight is 546 g/mol. The topological polar surface area (TPSA) is 162 Å². The van der Waals surface area contributed by atoms with Gasteiger partial charge in [-0.25, -0.2) is 14.8 Å². The molecule has 1 atom stereocenters. The zero-order valence-corrected chi connectivity index (χ0v) is 22.2. The number of ether oxygens (including phenoxy) is 1. The van der Waals surface area contributed by atoms with Crippen LogP contribution in [0.3, 0.4) is 0 Å². The highest BCUT2D eigenvalue weighted by atomic mass is 32.2. The Morgan fingerprint density at radius 2 is 2.03 bits per heavy atom. The van der Waals surface area contributed by atoms with Gasteiger partial charge < -0.3 is 24.8 Å². The first kappa shape index (κ1) is 27.4. The molecule has 0 spiro atoms. The predicted molar refractivity (Wildman–Crippen MR) is 142 cm³/mol.